The molecule has 1 aromatic heterocycles. The van der Waals surface area contributed by atoms with Crippen LogP contribution in [0, 0.1) is 12.8 Å². The molecule has 2 amide bonds. The van der Waals surface area contributed by atoms with Gasteiger partial charge in [-0.3, -0.25) is 10.1 Å². The van der Waals surface area contributed by atoms with E-state index in [9.17, 15) is 19.5 Å². The van der Waals surface area contributed by atoms with E-state index in [0.717, 1.165) is 6.07 Å². The quantitative estimate of drug-likeness (QED) is 0.657. The van der Waals surface area contributed by atoms with Gasteiger partial charge in [0, 0.05) is 0 Å². The molecular formula is C15H18N4O5. The molecule has 128 valence electrons. The number of aryl methyl sites for hydroxylation is 1. The number of rotatable bonds is 4. The molecule has 0 aliphatic carbocycles. The van der Waals surface area contributed by atoms with Gasteiger partial charge in [-0.2, -0.15) is 0 Å². The van der Waals surface area contributed by atoms with Crippen LogP contribution in [0.4, 0.5) is 10.5 Å². The maximum atomic E-state index is 12.2. The summed E-state index contributed by atoms with van der Waals surface area (Å²) in [5.74, 6) is -1.67. The number of carbonyl (C=O) groups excluding carboxylic acids is 1. The van der Waals surface area contributed by atoms with Crippen molar-refractivity contribution in [1.82, 2.24) is 10.3 Å². The number of carboxylic acid groups (broad SMARTS) is 2. The average molecular weight is 334 g/mol. The number of amidine groups is 1. The number of carbonyl (C=O) groups is 3. The topological polar surface area (TPSA) is 141 Å². The van der Waals surface area contributed by atoms with E-state index < -0.39 is 17.6 Å². The van der Waals surface area contributed by atoms with E-state index in [1.807, 2.05) is 13.8 Å². The molecule has 0 fully saturated rings. The highest BCUT2D eigenvalue weighted by Crippen LogP contribution is 2.28. The summed E-state index contributed by atoms with van der Waals surface area (Å²) in [6.45, 7) is 6.86. The zero-order valence-electron chi connectivity index (χ0n) is 13.7. The molecule has 2 heterocycles. The first-order valence-corrected chi connectivity index (χ1v) is 7.22. The van der Waals surface area contributed by atoms with Crippen LogP contribution in [0.15, 0.2) is 11.1 Å². The van der Waals surface area contributed by atoms with Crippen LogP contribution in [0.25, 0.3) is 0 Å². The largest absolute Gasteiger partial charge is 0.478 e. The van der Waals surface area contributed by atoms with Crippen molar-refractivity contribution in [2.24, 2.45) is 10.9 Å². The predicted molar refractivity (Wildman–Crippen MR) is 85.5 cm³/mol. The van der Waals surface area contributed by atoms with Crippen molar-refractivity contribution in [3.05, 3.63) is 23.0 Å². The first-order chi connectivity index (χ1) is 11.1. The number of amides is 2. The Bertz CT molecular complexity index is 771. The fraction of sp³-hybridized carbons (Fsp3) is 0.400. The van der Waals surface area contributed by atoms with Crippen LogP contribution in [0.2, 0.25) is 0 Å². The van der Waals surface area contributed by atoms with Gasteiger partial charge in [0.25, 0.3) is 5.91 Å². The zero-order chi connectivity index (χ0) is 18.2. The number of hydrogen-bond donors (Lipinski definition) is 4. The molecule has 0 saturated heterocycles. The normalized spacial score (nSPS) is 19.9. The van der Waals surface area contributed by atoms with E-state index in [2.05, 4.69) is 20.6 Å². The Kier molecular flexibility index (Phi) is 4.28. The van der Waals surface area contributed by atoms with E-state index in [-0.39, 0.29) is 40.3 Å². The van der Waals surface area contributed by atoms with Gasteiger partial charge in [-0.25, -0.2) is 19.6 Å². The van der Waals surface area contributed by atoms with Gasteiger partial charge in [0.1, 0.15) is 11.2 Å². The Balaban J connectivity index is 2.59. The third kappa shape index (κ3) is 2.92. The Hall–Kier alpha value is -2.97. The maximum Gasteiger partial charge on any atom is 0.409 e. The molecule has 9 heteroatoms. The average Bonchev–Trinajstić information content (AvgIpc) is 2.77. The van der Waals surface area contributed by atoms with Crippen molar-refractivity contribution in [2.75, 3.05) is 5.32 Å². The zero-order valence-corrected chi connectivity index (χ0v) is 13.7. The lowest BCUT2D eigenvalue weighted by Gasteiger charge is -2.21. The summed E-state index contributed by atoms with van der Waals surface area (Å²) in [4.78, 5) is 43.0. The molecule has 9 nitrogen and oxygen atoms in total. The van der Waals surface area contributed by atoms with Crippen LogP contribution in [0.1, 0.15) is 42.5 Å². The monoisotopic (exact) mass is 334 g/mol. The van der Waals surface area contributed by atoms with E-state index in [1.54, 1.807) is 6.92 Å². The minimum Gasteiger partial charge on any atom is -0.478 e. The Labute approximate surface area is 137 Å². The van der Waals surface area contributed by atoms with Gasteiger partial charge in [-0.1, -0.05) is 13.8 Å². The molecule has 4 N–H and O–H groups in total. The number of aromatic carboxylic acids is 1. The fourth-order valence-electron chi connectivity index (χ4n) is 2.24. The molecular weight excluding hydrogens is 316 g/mol. The molecule has 24 heavy (non-hydrogen) atoms. The van der Waals surface area contributed by atoms with E-state index >= 15 is 0 Å². The lowest BCUT2D eigenvalue weighted by molar-refractivity contribution is -0.124. The number of carboxylic acids is 1. The number of hydrogen-bond acceptors (Lipinski definition) is 5. The molecule has 1 aromatic rings. The lowest BCUT2D eigenvalue weighted by atomic mass is 9.89. The van der Waals surface area contributed by atoms with Crippen LogP contribution in [-0.2, 0) is 4.79 Å². The van der Waals surface area contributed by atoms with Crippen molar-refractivity contribution in [2.45, 2.75) is 33.2 Å². The number of aliphatic imine (C=N–C) groups is 1. The standard InChI is InChI=1S/C15H18N4O5/c1-6(2)15(4)13(22)18-11(19-15)10-8(12(20)21)5-9(7(3)16-10)17-14(23)24/h5-6,17H,1-4H3,(H,20,21)(H,23,24)(H,18,19,22). The first-order valence-electron chi connectivity index (χ1n) is 7.22. The Morgan fingerprint density at radius 2 is 1.96 bits per heavy atom. The third-order valence-electron chi connectivity index (χ3n) is 4.07. The van der Waals surface area contributed by atoms with Gasteiger partial charge in [-0.15, -0.1) is 0 Å². The van der Waals surface area contributed by atoms with Crippen molar-refractivity contribution >= 4 is 29.5 Å². The third-order valence-corrected chi connectivity index (χ3v) is 4.07. The highest BCUT2D eigenvalue weighted by molar-refractivity contribution is 6.17. The Morgan fingerprint density at radius 3 is 2.42 bits per heavy atom. The molecule has 0 saturated carbocycles. The molecule has 0 spiro atoms. The second-order valence-electron chi connectivity index (χ2n) is 5.97. The van der Waals surface area contributed by atoms with Gasteiger partial charge < -0.3 is 15.5 Å². The number of nitrogens with one attached hydrogen (secondary N) is 2. The van der Waals surface area contributed by atoms with Gasteiger partial charge in [0.2, 0.25) is 0 Å². The Morgan fingerprint density at radius 1 is 1.33 bits per heavy atom. The van der Waals surface area contributed by atoms with Gasteiger partial charge in [0.15, 0.2) is 5.84 Å². The van der Waals surface area contributed by atoms with Crippen LogP contribution < -0.4 is 10.6 Å². The molecule has 2 rings (SSSR count). The van der Waals surface area contributed by atoms with Crippen LogP contribution >= 0.6 is 0 Å². The van der Waals surface area contributed by atoms with Crippen molar-refractivity contribution in [3.63, 3.8) is 0 Å². The number of aromatic nitrogens is 1. The van der Waals surface area contributed by atoms with Crippen molar-refractivity contribution in [3.8, 4) is 0 Å². The predicted octanol–water partition coefficient (Wildman–Crippen LogP) is 1.47. The summed E-state index contributed by atoms with van der Waals surface area (Å²) >= 11 is 0. The summed E-state index contributed by atoms with van der Waals surface area (Å²) < 4.78 is 0. The van der Waals surface area contributed by atoms with Crippen LogP contribution in [0.5, 0.6) is 0 Å². The first kappa shape index (κ1) is 17.4. The van der Waals surface area contributed by atoms with Crippen molar-refractivity contribution < 1.29 is 24.6 Å². The van der Waals surface area contributed by atoms with Crippen LogP contribution in [-0.4, -0.2) is 44.5 Å². The van der Waals surface area contributed by atoms with E-state index in [4.69, 9.17) is 5.11 Å². The second kappa shape index (κ2) is 5.91. The fourth-order valence-corrected chi connectivity index (χ4v) is 2.24. The molecule has 1 aliphatic rings. The van der Waals surface area contributed by atoms with Crippen molar-refractivity contribution in [1.29, 1.82) is 0 Å². The van der Waals surface area contributed by atoms with Gasteiger partial charge >= 0.3 is 12.1 Å². The minimum absolute atomic E-state index is 0.00587. The molecule has 1 aliphatic heterocycles. The number of pyridine rings is 1. The molecule has 0 bridgehead atoms. The second-order valence-corrected chi connectivity index (χ2v) is 5.97. The number of nitrogens with zero attached hydrogens (tertiary/aromatic N) is 2. The summed E-state index contributed by atoms with van der Waals surface area (Å²) in [7, 11) is 0. The maximum absolute atomic E-state index is 12.2. The van der Waals surface area contributed by atoms with Gasteiger partial charge in [-0.05, 0) is 25.8 Å². The molecule has 1 unspecified atom stereocenters. The molecule has 0 radical (unpaired) electrons. The van der Waals surface area contributed by atoms with Crippen LogP contribution in [0.3, 0.4) is 0 Å². The summed E-state index contributed by atoms with van der Waals surface area (Å²) in [6.07, 6.45) is -1.33. The van der Waals surface area contributed by atoms with E-state index in [0.29, 0.717) is 0 Å². The van der Waals surface area contributed by atoms with E-state index in [1.165, 1.54) is 6.92 Å². The highest BCUT2D eigenvalue weighted by atomic mass is 16.4. The lowest BCUT2D eigenvalue weighted by Crippen LogP contribution is -2.41. The summed E-state index contributed by atoms with van der Waals surface area (Å²) in [6, 6.07) is 1.16. The minimum atomic E-state index is -1.33. The van der Waals surface area contributed by atoms with Gasteiger partial charge in [0.05, 0.1) is 16.9 Å². The number of anilines is 1. The summed E-state index contributed by atoms with van der Waals surface area (Å²) in [5.41, 5.74) is -0.948. The summed E-state index contributed by atoms with van der Waals surface area (Å²) in [5, 5.41) is 22.9. The SMILES string of the molecule is Cc1nc(C2=NC(C)(C(C)C)C(=O)N2)c(C(=O)O)cc1NC(=O)O. The molecule has 0 aromatic carbocycles. The highest BCUT2D eigenvalue weighted by Gasteiger charge is 2.43. The molecule has 1 atom stereocenters. The smallest absolute Gasteiger partial charge is 0.409 e.